The van der Waals surface area contributed by atoms with Crippen molar-refractivity contribution in [3.63, 3.8) is 0 Å². The van der Waals surface area contributed by atoms with Crippen LogP contribution in [0.25, 0.3) is 0 Å². The molecule has 4 heteroatoms. The van der Waals surface area contributed by atoms with Gasteiger partial charge in [-0.3, -0.25) is 0 Å². The highest BCUT2D eigenvalue weighted by Gasteiger charge is 2.21. The molecular formula is C9H19NO2S. The van der Waals surface area contributed by atoms with Gasteiger partial charge in [0, 0.05) is 17.8 Å². The molecule has 1 fully saturated rings. The summed E-state index contributed by atoms with van der Waals surface area (Å²) in [6.45, 7) is 3.65. The first-order chi connectivity index (χ1) is 6.03. The predicted octanol–water partition coefficient (Wildman–Crippen LogP) is 0.952. The monoisotopic (exact) mass is 205 g/mol. The third-order valence-electron chi connectivity index (χ3n) is 2.57. The van der Waals surface area contributed by atoms with Crippen LogP contribution in [0.1, 0.15) is 33.1 Å². The first-order valence-corrected chi connectivity index (χ1v) is 6.82. The Kier molecular flexibility index (Phi) is 3.74. The van der Waals surface area contributed by atoms with Crippen molar-refractivity contribution in [2.75, 3.05) is 11.5 Å². The zero-order chi connectivity index (χ0) is 9.90. The van der Waals surface area contributed by atoms with Crippen LogP contribution in [0, 0.1) is 0 Å². The second-order valence-electron chi connectivity index (χ2n) is 3.89. The Morgan fingerprint density at radius 2 is 2.08 bits per heavy atom. The van der Waals surface area contributed by atoms with Gasteiger partial charge in [0.05, 0.1) is 5.75 Å². The second-order valence-corrected chi connectivity index (χ2v) is 6.29. The average Bonchev–Trinajstić information content (AvgIpc) is 1.96. The topological polar surface area (TPSA) is 46.2 Å². The maximum Gasteiger partial charge on any atom is 0.151 e. The SMILES string of the molecule is CCS(=O)(=O)CC(C)NC1CCC1. The fourth-order valence-corrected chi connectivity index (χ4v) is 2.62. The molecule has 0 aromatic rings. The van der Waals surface area contributed by atoms with E-state index < -0.39 is 9.84 Å². The van der Waals surface area contributed by atoms with E-state index in [1.807, 2.05) is 6.92 Å². The molecule has 1 rings (SSSR count). The van der Waals surface area contributed by atoms with E-state index in [2.05, 4.69) is 5.32 Å². The molecule has 3 nitrogen and oxygen atoms in total. The van der Waals surface area contributed by atoms with Gasteiger partial charge in [-0.15, -0.1) is 0 Å². The van der Waals surface area contributed by atoms with E-state index in [0.717, 1.165) is 0 Å². The summed E-state index contributed by atoms with van der Waals surface area (Å²) < 4.78 is 22.5. The van der Waals surface area contributed by atoms with Gasteiger partial charge in [-0.05, 0) is 19.8 Å². The Morgan fingerprint density at radius 1 is 1.46 bits per heavy atom. The van der Waals surface area contributed by atoms with Crippen molar-refractivity contribution in [2.45, 2.75) is 45.2 Å². The molecule has 1 saturated carbocycles. The van der Waals surface area contributed by atoms with Gasteiger partial charge in [-0.2, -0.15) is 0 Å². The second kappa shape index (κ2) is 4.42. The normalized spacial score (nSPS) is 21.1. The lowest BCUT2D eigenvalue weighted by atomic mass is 9.93. The largest absolute Gasteiger partial charge is 0.310 e. The minimum atomic E-state index is -2.81. The summed E-state index contributed by atoms with van der Waals surface area (Å²) in [4.78, 5) is 0. The summed E-state index contributed by atoms with van der Waals surface area (Å²) in [6.07, 6.45) is 3.69. The van der Waals surface area contributed by atoms with Crippen LogP contribution in [0.3, 0.4) is 0 Å². The summed E-state index contributed by atoms with van der Waals surface area (Å²) in [5, 5.41) is 3.33. The molecule has 13 heavy (non-hydrogen) atoms. The number of nitrogens with one attached hydrogen (secondary N) is 1. The smallest absolute Gasteiger partial charge is 0.151 e. The fraction of sp³-hybridized carbons (Fsp3) is 1.00. The number of rotatable bonds is 5. The van der Waals surface area contributed by atoms with E-state index in [9.17, 15) is 8.42 Å². The molecule has 1 aliphatic carbocycles. The van der Waals surface area contributed by atoms with Gasteiger partial charge in [0.15, 0.2) is 9.84 Å². The lowest BCUT2D eigenvalue weighted by molar-refractivity contribution is 0.319. The third-order valence-corrected chi connectivity index (χ3v) is 4.46. The third kappa shape index (κ3) is 3.65. The Morgan fingerprint density at radius 3 is 2.46 bits per heavy atom. The highest BCUT2D eigenvalue weighted by atomic mass is 32.2. The Hall–Kier alpha value is -0.0900. The zero-order valence-corrected chi connectivity index (χ0v) is 9.23. The molecule has 0 spiro atoms. The van der Waals surface area contributed by atoms with Crippen LogP contribution >= 0.6 is 0 Å². The van der Waals surface area contributed by atoms with Crippen molar-refractivity contribution in [3.05, 3.63) is 0 Å². The van der Waals surface area contributed by atoms with Crippen LogP contribution in [0.15, 0.2) is 0 Å². The van der Waals surface area contributed by atoms with E-state index in [0.29, 0.717) is 6.04 Å². The van der Waals surface area contributed by atoms with Gasteiger partial charge >= 0.3 is 0 Å². The Labute approximate surface area is 80.8 Å². The summed E-state index contributed by atoms with van der Waals surface area (Å²) in [7, 11) is -2.81. The maximum atomic E-state index is 11.3. The maximum absolute atomic E-state index is 11.3. The Bertz CT molecular complexity index is 244. The van der Waals surface area contributed by atoms with E-state index in [1.54, 1.807) is 6.92 Å². The van der Waals surface area contributed by atoms with Crippen LogP contribution in [-0.4, -0.2) is 32.0 Å². The van der Waals surface area contributed by atoms with E-state index in [-0.39, 0.29) is 17.5 Å². The quantitative estimate of drug-likeness (QED) is 0.727. The molecule has 0 aromatic carbocycles. The molecular weight excluding hydrogens is 186 g/mol. The molecule has 0 bridgehead atoms. The highest BCUT2D eigenvalue weighted by molar-refractivity contribution is 7.91. The van der Waals surface area contributed by atoms with Gasteiger partial charge in [-0.1, -0.05) is 13.3 Å². The molecule has 78 valence electrons. The minimum Gasteiger partial charge on any atom is -0.310 e. The van der Waals surface area contributed by atoms with Crippen molar-refractivity contribution in [1.82, 2.24) is 5.32 Å². The first-order valence-electron chi connectivity index (χ1n) is 5.00. The lowest BCUT2D eigenvalue weighted by Gasteiger charge is -2.29. The molecule has 1 atom stereocenters. The van der Waals surface area contributed by atoms with Crippen molar-refractivity contribution in [3.8, 4) is 0 Å². The summed E-state index contributed by atoms with van der Waals surface area (Å²) in [6, 6.07) is 0.678. The molecule has 1 N–H and O–H groups in total. The molecule has 0 amide bonds. The molecule has 1 aliphatic rings. The van der Waals surface area contributed by atoms with Crippen molar-refractivity contribution < 1.29 is 8.42 Å². The van der Waals surface area contributed by atoms with E-state index >= 15 is 0 Å². The van der Waals surface area contributed by atoms with Crippen LogP contribution < -0.4 is 5.32 Å². The van der Waals surface area contributed by atoms with Crippen LogP contribution in [0.2, 0.25) is 0 Å². The fourth-order valence-electron chi connectivity index (χ4n) is 1.52. The summed E-state index contributed by atoms with van der Waals surface area (Å²) in [5.41, 5.74) is 0. The zero-order valence-electron chi connectivity index (χ0n) is 8.41. The molecule has 1 unspecified atom stereocenters. The molecule has 0 heterocycles. The number of sulfone groups is 1. The van der Waals surface area contributed by atoms with Crippen LogP contribution in [0.4, 0.5) is 0 Å². The van der Waals surface area contributed by atoms with Gasteiger partial charge in [0.25, 0.3) is 0 Å². The molecule has 0 saturated heterocycles. The van der Waals surface area contributed by atoms with E-state index in [4.69, 9.17) is 0 Å². The van der Waals surface area contributed by atoms with Crippen molar-refractivity contribution in [2.24, 2.45) is 0 Å². The standard InChI is InChI=1S/C9H19NO2S/c1-3-13(11,12)7-8(2)10-9-5-4-6-9/h8-10H,3-7H2,1-2H3. The minimum absolute atomic E-state index is 0.107. The van der Waals surface area contributed by atoms with Crippen LogP contribution in [-0.2, 0) is 9.84 Å². The lowest BCUT2D eigenvalue weighted by Crippen LogP contribution is -2.44. The van der Waals surface area contributed by atoms with Gasteiger partial charge in [0.2, 0.25) is 0 Å². The molecule has 0 aromatic heterocycles. The highest BCUT2D eigenvalue weighted by Crippen LogP contribution is 2.18. The first kappa shape index (κ1) is 11.0. The molecule has 0 aliphatic heterocycles. The average molecular weight is 205 g/mol. The molecule has 0 radical (unpaired) electrons. The Balaban J connectivity index is 2.27. The van der Waals surface area contributed by atoms with Crippen LogP contribution in [0.5, 0.6) is 0 Å². The summed E-state index contributed by atoms with van der Waals surface area (Å²) in [5.74, 6) is 0.531. The van der Waals surface area contributed by atoms with Gasteiger partial charge in [-0.25, -0.2) is 8.42 Å². The van der Waals surface area contributed by atoms with E-state index in [1.165, 1.54) is 19.3 Å². The van der Waals surface area contributed by atoms with Gasteiger partial charge < -0.3 is 5.32 Å². The predicted molar refractivity (Wildman–Crippen MR) is 54.6 cm³/mol. The van der Waals surface area contributed by atoms with Gasteiger partial charge in [0.1, 0.15) is 0 Å². The summed E-state index contributed by atoms with van der Waals surface area (Å²) >= 11 is 0. The number of hydrogen-bond donors (Lipinski definition) is 1. The number of hydrogen-bond acceptors (Lipinski definition) is 3. The van der Waals surface area contributed by atoms with Crippen molar-refractivity contribution >= 4 is 9.84 Å². The van der Waals surface area contributed by atoms with Crippen molar-refractivity contribution in [1.29, 1.82) is 0 Å².